The van der Waals surface area contributed by atoms with Crippen molar-refractivity contribution in [3.63, 3.8) is 0 Å². The minimum atomic E-state index is 0.357. The Kier molecular flexibility index (Phi) is 2.73. The van der Waals surface area contributed by atoms with E-state index in [1.54, 1.807) is 48.3 Å². The van der Waals surface area contributed by atoms with Crippen molar-refractivity contribution in [1.82, 2.24) is 14.5 Å². The van der Waals surface area contributed by atoms with Gasteiger partial charge < -0.3 is 15.0 Å². The first-order chi connectivity index (χ1) is 9.69. The summed E-state index contributed by atoms with van der Waals surface area (Å²) in [7, 11) is 1.77. The fourth-order valence-corrected chi connectivity index (χ4v) is 2.03. The minimum Gasteiger partial charge on any atom is -0.456 e. The first-order valence-electron chi connectivity index (χ1n) is 5.93. The van der Waals surface area contributed by atoms with Gasteiger partial charge in [0.1, 0.15) is 17.6 Å². The smallest absolute Gasteiger partial charge is 0.200 e. The molecule has 0 aliphatic carbocycles. The van der Waals surface area contributed by atoms with Gasteiger partial charge in [0.25, 0.3) is 0 Å². The molecule has 0 amide bonds. The predicted molar refractivity (Wildman–Crippen MR) is 74.2 cm³/mol. The number of nitriles is 1. The Morgan fingerprint density at radius 2 is 2.20 bits per heavy atom. The van der Waals surface area contributed by atoms with Crippen LogP contribution in [0, 0.1) is 11.3 Å². The third-order valence-corrected chi connectivity index (χ3v) is 2.97. The van der Waals surface area contributed by atoms with Crippen LogP contribution in [-0.2, 0) is 7.05 Å². The summed E-state index contributed by atoms with van der Waals surface area (Å²) in [4.78, 5) is 8.19. The van der Waals surface area contributed by atoms with Crippen LogP contribution in [0.25, 0.3) is 11.0 Å². The molecule has 98 valence electrons. The number of benzene rings is 1. The molecular formula is C14H11N5O. The van der Waals surface area contributed by atoms with Crippen LogP contribution in [-0.4, -0.2) is 14.5 Å². The molecule has 3 aromatic rings. The van der Waals surface area contributed by atoms with E-state index in [9.17, 15) is 5.26 Å². The summed E-state index contributed by atoms with van der Waals surface area (Å²) >= 11 is 0. The second kappa shape index (κ2) is 4.55. The Labute approximate surface area is 115 Å². The van der Waals surface area contributed by atoms with E-state index >= 15 is 0 Å². The standard InChI is InChI=1S/C14H11N5O/c1-19-13-9(7-15)5-11(6-12(13)18-14(19)16)20-10-3-2-4-17-8-10/h2-6,8H,1H3,(H2,16,18). The molecule has 6 heteroatoms. The fourth-order valence-electron chi connectivity index (χ4n) is 2.03. The Morgan fingerprint density at radius 1 is 1.35 bits per heavy atom. The molecule has 0 radical (unpaired) electrons. The van der Waals surface area contributed by atoms with Crippen LogP contribution in [0.15, 0.2) is 36.7 Å². The molecule has 0 bridgehead atoms. The normalized spacial score (nSPS) is 10.4. The largest absolute Gasteiger partial charge is 0.456 e. The molecule has 1 aromatic carbocycles. The number of rotatable bonds is 2. The van der Waals surface area contributed by atoms with Gasteiger partial charge in [-0.3, -0.25) is 4.98 Å². The lowest BCUT2D eigenvalue weighted by Crippen LogP contribution is -1.97. The number of nitrogens with zero attached hydrogens (tertiary/aromatic N) is 4. The third-order valence-electron chi connectivity index (χ3n) is 2.97. The van der Waals surface area contributed by atoms with Crippen molar-refractivity contribution >= 4 is 17.0 Å². The summed E-state index contributed by atoms with van der Waals surface area (Å²) in [6.07, 6.45) is 3.26. The van der Waals surface area contributed by atoms with Crippen molar-refractivity contribution in [3.8, 4) is 17.6 Å². The number of imidazole rings is 1. The minimum absolute atomic E-state index is 0.357. The Bertz CT molecular complexity index is 817. The summed E-state index contributed by atoms with van der Waals surface area (Å²) in [5, 5.41) is 9.26. The summed E-state index contributed by atoms with van der Waals surface area (Å²) in [5.41, 5.74) is 7.56. The van der Waals surface area contributed by atoms with Crippen LogP contribution in [0.4, 0.5) is 5.95 Å². The highest BCUT2D eigenvalue weighted by Crippen LogP contribution is 2.28. The van der Waals surface area contributed by atoms with Gasteiger partial charge in [-0.2, -0.15) is 5.26 Å². The lowest BCUT2D eigenvalue weighted by molar-refractivity contribution is 0.481. The van der Waals surface area contributed by atoms with E-state index in [1.165, 1.54) is 0 Å². The molecule has 0 atom stereocenters. The molecule has 2 heterocycles. The van der Waals surface area contributed by atoms with Gasteiger partial charge in [-0.1, -0.05) is 0 Å². The van der Waals surface area contributed by atoms with E-state index in [0.717, 1.165) is 0 Å². The summed E-state index contributed by atoms with van der Waals surface area (Å²) < 4.78 is 7.36. The maximum absolute atomic E-state index is 9.26. The molecule has 0 saturated carbocycles. The summed E-state index contributed by atoms with van der Waals surface area (Å²) in [6, 6.07) is 9.11. The van der Waals surface area contributed by atoms with Crippen LogP contribution in [0.5, 0.6) is 11.5 Å². The van der Waals surface area contributed by atoms with E-state index in [-0.39, 0.29) is 0 Å². The second-order valence-electron chi connectivity index (χ2n) is 4.27. The Morgan fingerprint density at radius 3 is 2.90 bits per heavy atom. The van der Waals surface area contributed by atoms with Gasteiger partial charge in [0.15, 0.2) is 0 Å². The number of fused-ring (bicyclic) bond motifs is 1. The molecule has 0 aliphatic heterocycles. The third kappa shape index (κ3) is 1.91. The molecule has 0 fully saturated rings. The van der Waals surface area contributed by atoms with E-state index in [0.29, 0.717) is 34.0 Å². The van der Waals surface area contributed by atoms with Gasteiger partial charge in [-0.15, -0.1) is 0 Å². The zero-order chi connectivity index (χ0) is 14.1. The number of aryl methyl sites for hydroxylation is 1. The zero-order valence-electron chi connectivity index (χ0n) is 10.7. The lowest BCUT2D eigenvalue weighted by Gasteiger charge is -2.06. The molecule has 0 unspecified atom stereocenters. The van der Waals surface area contributed by atoms with Crippen molar-refractivity contribution in [2.45, 2.75) is 0 Å². The molecular weight excluding hydrogens is 254 g/mol. The van der Waals surface area contributed by atoms with Gasteiger partial charge in [-0.25, -0.2) is 4.98 Å². The van der Waals surface area contributed by atoms with Crippen LogP contribution in [0.2, 0.25) is 0 Å². The van der Waals surface area contributed by atoms with Crippen LogP contribution >= 0.6 is 0 Å². The van der Waals surface area contributed by atoms with Gasteiger partial charge in [0.05, 0.1) is 22.8 Å². The van der Waals surface area contributed by atoms with E-state index < -0.39 is 0 Å². The van der Waals surface area contributed by atoms with Crippen molar-refractivity contribution < 1.29 is 4.74 Å². The molecule has 2 aromatic heterocycles. The summed E-state index contributed by atoms with van der Waals surface area (Å²) in [6.45, 7) is 0. The highest BCUT2D eigenvalue weighted by atomic mass is 16.5. The quantitative estimate of drug-likeness (QED) is 0.767. The average Bonchev–Trinajstić information content (AvgIpc) is 2.74. The number of nitrogen functional groups attached to an aromatic ring is 1. The topological polar surface area (TPSA) is 89.8 Å². The van der Waals surface area contributed by atoms with Crippen LogP contribution in [0.3, 0.4) is 0 Å². The van der Waals surface area contributed by atoms with E-state index in [2.05, 4.69) is 16.0 Å². The average molecular weight is 265 g/mol. The molecule has 0 aliphatic rings. The number of hydrogen-bond donors (Lipinski definition) is 1. The maximum Gasteiger partial charge on any atom is 0.200 e. The van der Waals surface area contributed by atoms with Gasteiger partial charge >= 0.3 is 0 Å². The first-order valence-corrected chi connectivity index (χ1v) is 5.93. The van der Waals surface area contributed by atoms with Gasteiger partial charge in [-0.05, 0) is 12.1 Å². The Hall–Kier alpha value is -3.07. The first kappa shape index (κ1) is 12.0. The summed E-state index contributed by atoms with van der Waals surface area (Å²) in [5.74, 6) is 1.48. The number of pyridine rings is 1. The fraction of sp³-hybridized carbons (Fsp3) is 0.0714. The highest BCUT2D eigenvalue weighted by molar-refractivity contribution is 5.85. The number of nitrogens with two attached hydrogens (primary N) is 1. The molecule has 3 rings (SSSR count). The zero-order valence-corrected chi connectivity index (χ0v) is 10.7. The Balaban J connectivity index is 2.12. The molecule has 0 saturated heterocycles. The van der Waals surface area contributed by atoms with Crippen molar-refractivity contribution in [2.24, 2.45) is 7.05 Å². The van der Waals surface area contributed by atoms with E-state index in [4.69, 9.17) is 10.5 Å². The number of ether oxygens (including phenoxy) is 1. The van der Waals surface area contributed by atoms with Crippen molar-refractivity contribution in [3.05, 3.63) is 42.2 Å². The number of hydrogen-bond acceptors (Lipinski definition) is 5. The van der Waals surface area contributed by atoms with Crippen LogP contribution < -0.4 is 10.5 Å². The molecule has 0 spiro atoms. The highest BCUT2D eigenvalue weighted by Gasteiger charge is 2.12. The second-order valence-corrected chi connectivity index (χ2v) is 4.27. The van der Waals surface area contributed by atoms with Gasteiger partial charge in [0.2, 0.25) is 5.95 Å². The van der Waals surface area contributed by atoms with Crippen LogP contribution in [0.1, 0.15) is 5.56 Å². The SMILES string of the molecule is Cn1c(N)nc2cc(Oc3cccnc3)cc(C#N)c21. The van der Waals surface area contributed by atoms with Gasteiger partial charge in [0, 0.05) is 25.4 Å². The predicted octanol–water partition coefficient (Wildman–Crippen LogP) is 2.21. The molecule has 2 N–H and O–H groups in total. The molecule has 20 heavy (non-hydrogen) atoms. The lowest BCUT2D eigenvalue weighted by atomic mass is 10.2. The number of aromatic nitrogens is 3. The number of anilines is 1. The van der Waals surface area contributed by atoms with Crippen molar-refractivity contribution in [1.29, 1.82) is 5.26 Å². The molecule has 6 nitrogen and oxygen atoms in total. The maximum atomic E-state index is 9.26. The monoisotopic (exact) mass is 265 g/mol. The van der Waals surface area contributed by atoms with Crippen molar-refractivity contribution in [2.75, 3.05) is 5.73 Å². The van der Waals surface area contributed by atoms with E-state index in [1.807, 2.05) is 0 Å².